The zero-order valence-electron chi connectivity index (χ0n) is 11.9. The number of allylic oxidation sites excluding steroid dienone is 6. The molecule has 2 aliphatic heterocycles. The van der Waals surface area contributed by atoms with Gasteiger partial charge in [-0.1, -0.05) is 26.0 Å². The molecule has 100 valence electrons. The Kier molecular flexibility index (Phi) is 2.07. The molecule has 6 aliphatic rings. The van der Waals surface area contributed by atoms with Crippen LogP contribution >= 0.6 is 11.3 Å². The minimum atomic E-state index is 0.664. The van der Waals surface area contributed by atoms with E-state index >= 15 is 0 Å². The van der Waals surface area contributed by atoms with Gasteiger partial charge in [-0.2, -0.15) is 0 Å². The van der Waals surface area contributed by atoms with E-state index in [9.17, 15) is 0 Å². The van der Waals surface area contributed by atoms with Crippen molar-refractivity contribution in [2.75, 3.05) is 0 Å². The molecule has 3 heterocycles. The van der Waals surface area contributed by atoms with Crippen LogP contribution < -0.4 is 9.06 Å². The molecule has 0 amide bonds. The average Bonchev–Trinajstić information content (AvgIpc) is 2.90. The Balaban J connectivity index is 2.01. The lowest BCUT2D eigenvalue weighted by Gasteiger charge is -2.47. The maximum absolute atomic E-state index is 2.46. The Bertz CT molecular complexity index is 841. The van der Waals surface area contributed by atoms with Gasteiger partial charge >= 0.3 is 0 Å². The van der Waals surface area contributed by atoms with E-state index in [0.29, 0.717) is 5.92 Å². The largest absolute Gasteiger partial charge is 0.136 e. The molecular formula is C19H18S. The van der Waals surface area contributed by atoms with E-state index in [2.05, 4.69) is 44.2 Å². The van der Waals surface area contributed by atoms with E-state index < -0.39 is 0 Å². The van der Waals surface area contributed by atoms with Gasteiger partial charge in [0, 0.05) is 9.06 Å². The Hall–Kier alpha value is -1.34. The van der Waals surface area contributed by atoms with Gasteiger partial charge in [0.25, 0.3) is 0 Å². The molecule has 2 unspecified atom stereocenters. The summed E-state index contributed by atoms with van der Waals surface area (Å²) in [5.41, 5.74) is 8.15. The molecule has 0 N–H and O–H groups in total. The molecule has 1 saturated carbocycles. The van der Waals surface area contributed by atoms with Gasteiger partial charge in [0.2, 0.25) is 0 Å². The van der Waals surface area contributed by atoms with Crippen molar-refractivity contribution in [3.63, 3.8) is 0 Å². The van der Waals surface area contributed by atoms with Crippen molar-refractivity contribution in [2.45, 2.75) is 26.7 Å². The van der Waals surface area contributed by atoms with Gasteiger partial charge in [0.15, 0.2) is 0 Å². The number of fused-ring (bicyclic) bond motifs is 2. The second-order valence-electron chi connectivity index (χ2n) is 6.62. The lowest BCUT2D eigenvalue weighted by atomic mass is 9.57. The van der Waals surface area contributed by atoms with E-state index in [1.54, 1.807) is 27.9 Å². The van der Waals surface area contributed by atoms with Crippen LogP contribution in [0.25, 0.3) is 11.6 Å². The lowest BCUT2D eigenvalue weighted by Crippen LogP contribution is -2.37. The monoisotopic (exact) mass is 278 g/mol. The minimum absolute atomic E-state index is 0.664. The number of rotatable bonds is 0. The summed E-state index contributed by atoms with van der Waals surface area (Å²) in [6.07, 6.45) is 9.75. The zero-order chi connectivity index (χ0) is 13.4. The second kappa shape index (κ2) is 3.65. The molecule has 4 aliphatic carbocycles. The van der Waals surface area contributed by atoms with Crippen molar-refractivity contribution in [3.8, 4) is 0 Å². The maximum Gasteiger partial charge on any atom is 0.0314 e. The fraction of sp³-hybridized carbons (Fsp3) is 0.368. The van der Waals surface area contributed by atoms with Gasteiger partial charge in [0.05, 0.1) is 0 Å². The summed E-state index contributed by atoms with van der Waals surface area (Å²) in [4.78, 5) is 0. The summed E-state index contributed by atoms with van der Waals surface area (Å²) < 4.78 is 2.94. The number of hydrogen-bond acceptors (Lipinski definition) is 1. The summed E-state index contributed by atoms with van der Waals surface area (Å²) in [7, 11) is 0. The van der Waals surface area contributed by atoms with Crippen LogP contribution in [0.5, 0.6) is 0 Å². The first-order valence-corrected chi connectivity index (χ1v) is 8.52. The normalized spacial score (nSPS) is 37.7. The molecule has 7 rings (SSSR count). The third-order valence-electron chi connectivity index (χ3n) is 5.70. The third kappa shape index (κ3) is 1.23. The highest BCUT2D eigenvalue weighted by Gasteiger charge is 2.44. The van der Waals surface area contributed by atoms with Crippen LogP contribution in [-0.2, 0) is 0 Å². The highest BCUT2D eigenvalue weighted by Crippen LogP contribution is 2.55. The van der Waals surface area contributed by atoms with Crippen molar-refractivity contribution in [1.82, 2.24) is 0 Å². The highest BCUT2D eigenvalue weighted by atomic mass is 32.1. The van der Waals surface area contributed by atoms with Gasteiger partial charge in [-0.25, -0.2) is 0 Å². The molecule has 0 spiro atoms. The first-order valence-electron chi connectivity index (χ1n) is 7.70. The minimum Gasteiger partial charge on any atom is -0.136 e. The van der Waals surface area contributed by atoms with Gasteiger partial charge in [-0.15, -0.1) is 11.3 Å². The van der Waals surface area contributed by atoms with Crippen molar-refractivity contribution in [2.24, 2.45) is 17.8 Å². The molecule has 0 aromatic carbocycles. The van der Waals surface area contributed by atoms with Gasteiger partial charge < -0.3 is 0 Å². The Morgan fingerprint density at radius 2 is 1.70 bits per heavy atom. The molecule has 0 nitrogen and oxygen atoms in total. The lowest BCUT2D eigenvalue weighted by molar-refractivity contribution is 0.339. The van der Waals surface area contributed by atoms with Crippen molar-refractivity contribution in [3.05, 3.63) is 55.6 Å². The van der Waals surface area contributed by atoms with Crippen LogP contribution in [0.2, 0.25) is 0 Å². The molecule has 1 aromatic rings. The summed E-state index contributed by atoms with van der Waals surface area (Å²) >= 11 is 1.98. The van der Waals surface area contributed by atoms with Crippen LogP contribution in [0.15, 0.2) is 46.6 Å². The van der Waals surface area contributed by atoms with Crippen LogP contribution in [0, 0.1) is 17.8 Å². The van der Waals surface area contributed by atoms with E-state index in [4.69, 9.17) is 0 Å². The van der Waals surface area contributed by atoms with E-state index in [0.717, 1.165) is 11.8 Å². The molecule has 0 radical (unpaired) electrons. The molecule has 0 saturated heterocycles. The average molecular weight is 278 g/mol. The number of thiophene rings is 1. The standard InChI is InChI=1S/C19H18S/c1-10-15-9-14-7-8-16(20-14)18-11(2)17(10)19(15)13-5-3-12(18)4-6-13/h3,5,7-11,17H,4,6H2,1-2H3/b14-9+,15-9?,18-12?,18-16-,19-13?/t10?,11?,17-/m1/s1. The van der Waals surface area contributed by atoms with Crippen molar-refractivity contribution in [1.29, 1.82) is 0 Å². The topological polar surface area (TPSA) is 0 Å². The zero-order valence-corrected chi connectivity index (χ0v) is 12.8. The molecule has 20 heavy (non-hydrogen) atoms. The summed E-state index contributed by atoms with van der Waals surface area (Å²) in [5.74, 6) is 2.13. The quantitative estimate of drug-likeness (QED) is 0.681. The molecule has 1 heteroatoms. The smallest absolute Gasteiger partial charge is 0.0314 e. The van der Waals surface area contributed by atoms with E-state index in [1.165, 1.54) is 21.9 Å². The predicted molar refractivity (Wildman–Crippen MR) is 85.7 cm³/mol. The highest BCUT2D eigenvalue weighted by molar-refractivity contribution is 7.07. The van der Waals surface area contributed by atoms with Gasteiger partial charge in [-0.3, -0.25) is 0 Å². The molecule has 1 fully saturated rings. The van der Waals surface area contributed by atoms with Crippen LogP contribution in [-0.4, -0.2) is 0 Å². The molecular weight excluding hydrogens is 260 g/mol. The van der Waals surface area contributed by atoms with E-state index in [1.807, 2.05) is 11.3 Å². The predicted octanol–water partition coefficient (Wildman–Crippen LogP) is 3.55. The van der Waals surface area contributed by atoms with Crippen molar-refractivity contribution < 1.29 is 0 Å². The van der Waals surface area contributed by atoms with Crippen LogP contribution in [0.4, 0.5) is 0 Å². The first kappa shape index (κ1) is 11.3. The summed E-state index contributed by atoms with van der Waals surface area (Å²) in [6, 6.07) is 4.66. The summed E-state index contributed by atoms with van der Waals surface area (Å²) in [6.45, 7) is 4.89. The maximum atomic E-state index is 2.46. The van der Waals surface area contributed by atoms with Crippen molar-refractivity contribution >= 4 is 23.0 Å². The fourth-order valence-electron chi connectivity index (χ4n) is 4.75. The first-order chi connectivity index (χ1) is 9.74. The van der Waals surface area contributed by atoms with E-state index in [-0.39, 0.29) is 0 Å². The number of hydrogen-bond donors (Lipinski definition) is 0. The molecule has 3 atom stereocenters. The Labute approximate surface area is 123 Å². The van der Waals surface area contributed by atoms with Crippen LogP contribution in [0.1, 0.15) is 26.7 Å². The Morgan fingerprint density at radius 3 is 2.45 bits per heavy atom. The van der Waals surface area contributed by atoms with Gasteiger partial charge in [0.1, 0.15) is 0 Å². The Morgan fingerprint density at radius 1 is 0.950 bits per heavy atom. The van der Waals surface area contributed by atoms with Crippen LogP contribution in [0.3, 0.4) is 0 Å². The summed E-state index contributed by atoms with van der Waals surface area (Å²) in [5, 5.41) is 0. The molecule has 1 aromatic heterocycles. The van der Waals surface area contributed by atoms with Gasteiger partial charge in [-0.05, 0) is 76.7 Å². The third-order valence-corrected chi connectivity index (χ3v) is 6.76. The second-order valence-corrected chi connectivity index (χ2v) is 7.73. The molecule has 8 bridgehead atoms. The SMILES string of the molecule is CC1C2=C3C4=CC=C(CC4)/C(=c4/cc/c(s4)=C\2)C(C)[C@H]31. The fourth-order valence-corrected chi connectivity index (χ4v) is 5.88.